The monoisotopic (exact) mass is 348 g/mol. The normalized spacial score (nSPS) is 12.3. The van der Waals surface area contributed by atoms with Gasteiger partial charge in [0.1, 0.15) is 5.75 Å². The molecule has 0 atom stereocenters. The van der Waals surface area contributed by atoms with Crippen LogP contribution in [-0.4, -0.2) is 17.5 Å². The zero-order valence-electron chi connectivity index (χ0n) is 14.5. The number of benzene rings is 5. The minimum atomic E-state index is 0.194. The van der Waals surface area contributed by atoms with Crippen LogP contribution in [0.1, 0.15) is 11.1 Å². The lowest BCUT2D eigenvalue weighted by Crippen LogP contribution is -1.89. The minimum absolute atomic E-state index is 0.194. The predicted octanol–water partition coefficient (Wildman–Crippen LogP) is 5.74. The Labute approximate surface area is 156 Å². The molecular formula is C24H16N2O. The first kappa shape index (κ1) is 15.5. The van der Waals surface area contributed by atoms with Crippen molar-refractivity contribution >= 4 is 44.7 Å². The Bertz CT molecular complexity index is 1320. The molecule has 0 aromatic heterocycles. The molecule has 5 rings (SSSR count). The van der Waals surface area contributed by atoms with Gasteiger partial charge in [0.25, 0.3) is 0 Å². The third-order valence-electron chi connectivity index (χ3n) is 4.96. The van der Waals surface area contributed by atoms with E-state index in [0.29, 0.717) is 5.56 Å². The molecule has 128 valence electrons. The van der Waals surface area contributed by atoms with E-state index >= 15 is 0 Å². The van der Waals surface area contributed by atoms with Crippen LogP contribution < -0.4 is 0 Å². The fourth-order valence-corrected chi connectivity index (χ4v) is 3.66. The number of hydrogen-bond acceptors (Lipinski definition) is 3. The Hall–Kier alpha value is -3.72. The summed E-state index contributed by atoms with van der Waals surface area (Å²) in [4.78, 5) is 0. The lowest BCUT2D eigenvalue weighted by atomic mass is 9.92. The van der Waals surface area contributed by atoms with Crippen LogP contribution in [0.4, 0.5) is 0 Å². The Morgan fingerprint density at radius 2 is 1.19 bits per heavy atom. The first-order chi connectivity index (χ1) is 13.3. The summed E-state index contributed by atoms with van der Waals surface area (Å²) in [5, 5.41) is 25.5. The molecule has 5 aromatic carbocycles. The van der Waals surface area contributed by atoms with Gasteiger partial charge in [0, 0.05) is 11.1 Å². The number of rotatable bonds is 3. The van der Waals surface area contributed by atoms with Crippen molar-refractivity contribution < 1.29 is 5.11 Å². The van der Waals surface area contributed by atoms with Gasteiger partial charge >= 0.3 is 0 Å². The fourth-order valence-electron chi connectivity index (χ4n) is 3.66. The van der Waals surface area contributed by atoms with E-state index < -0.39 is 0 Å². The Morgan fingerprint density at radius 1 is 0.556 bits per heavy atom. The van der Waals surface area contributed by atoms with E-state index in [1.165, 1.54) is 32.3 Å². The van der Waals surface area contributed by atoms with Gasteiger partial charge < -0.3 is 5.11 Å². The van der Waals surface area contributed by atoms with E-state index in [1.807, 2.05) is 6.07 Å². The van der Waals surface area contributed by atoms with Crippen molar-refractivity contribution in [2.45, 2.75) is 0 Å². The van der Waals surface area contributed by atoms with Crippen molar-refractivity contribution in [3.63, 3.8) is 0 Å². The zero-order valence-corrected chi connectivity index (χ0v) is 14.5. The summed E-state index contributed by atoms with van der Waals surface area (Å²) in [5.74, 6) is 0.194. The molecule has 0 spiro atoms. The summed E-state index contributed by atoms with van der Waals surface area (Å²) >= 11 is 0. The molecule has 0 bridgehead atoms. The van der Waals surface area contributed by atoms with Crippen molar-refractivity contribution in [2.24, 2.45) is 10.2 Å². The van der Waals surface area contributed by atoms with Gasteiger partial charge in [0.15, 0.2) is 0 Å². The molecule has 3 nitrogen and oxygen atoms in total. The molecule has 0 unspecified atom stereocenters. The van der Waals surface area contributed by atoms with Crippen molar-refractivity contribution in [2.75, 3.05) is 0 Å². The molecular weight excluding hydrogens is 332 g/mol. The van der Waals surface area contributed by atoms with Crippen LogP contribution in [0.3, 0.4) is 0 Å². The maximum Gasteiger partial charge on any atom is 0.124 e. The summed E-state index contributed by atoms with van der Waals surface area (Å²) in [7, 11) is 0. The molecule has 3 heteroatoms. The fraction of sp³-hybridized carbons (Fsp3) is 0. The topological polar surface area (TPSA) is 45.0 Å². The lowest BCUT2D eigenvalue weighted by molar-refractivity contribution is 0.474. The second-order valence-electron chi connectivity index (χ2n) is 6.56. The van der Waals surface area contributed by atoms with E-state index in [2.05, 4.69) is 64.8 Å². The highest BCUT2D eigenvalue weighted by atomic mass is 16.3. The Balaban J connectivity index is 1.60. The van der Waals surface area contributed by atoms with Crippen LogP contribution in [0, 0.1) is 0 Å². The molecule has 0 fully saturated rings. The summed E-state index contributed by atoms with van der Waals surface area (Å²) in [6.07, 6.45) is 3.32. The number of phenols is 1. The number of hydrogen-bond donors (Lipinski definition) is 1. The molecule has 0 aliphatic carbocycles. The van der Waals surface area contributed by atoms with E-state index in [1.54, 1.807) is 30.6 Å². The van der Waals surface area contributed by atoms with Crippen LogP contribution in [0.2, 0.25) is 0 Å². The van der Waals surface area contributed by atoms with Gasteiger partial charge in [-0.3, -0.25) is 0 Å². The Kier molecular flexibility index (Phi) is 3.58. The summed E-state index contributed by atoms with van der Waals surface area (Å²) < 4.78 is 0. The van der Waals surface area contributed by atoms with Gasteiger partial charge in [0.05, 0.1) is 12.4 Å². The molecule has 0 radical (unpaired) electrons. The average Bonchev–Trinajstić information content (AvgIpc) is 2.71. The molecule has 1 N–H and O–H groups in total. The van der Waals surface area contributed by atoms with Gasteiger partial charge in [-0.05, 0) is 44.5 Å². The van der Waals surface area contributed by atoms with Gasteiger partial charge in [-0.2, -0.15) is 10.2 Å². The van der Waals surface area contributed by atoms with E-state index in [4.69, 9.17) is 0 Å². The van der Waals surface area contributed by atoms with Crippen LogP contribution in [0.5, 0.6) is 5.75 Å². The van der Waals surface area contributed by atoms with E-state index in [-0.39, 0.29) is 5.75 Å². The summed E-state index contributed by atoms with van der Waals surface area (Å²) in [6.45, 7) is 0. The quantitative estimate of drug-likeness (QED) is 0.252. The maximum atomic E-state index is 9.78. The predicted molar refractivity (Wildman–Crippen MR) is 113 cm³/mol. The van der Waals surface area contributed by atoms with Crippen molar-refractivity contribution in [1.29, 1.82) is 0 Å². The molecule has 0 aliphatic heterocycles. The molecule has 5 aromatic rings. The lowest BCUT2D eigenvalue weighted by Gasteiger charge is -2.11. The van der Waals surface area contributed by atoms with Crippen LogP contribution in [0.25, 0.3) is 32.3 Å². The number of aromatic hydroxyl groups is 1. The third-order valence-corrected chi connectivity index (χ3v) is 4.96. The van der Waals surface area contributed by atoms with Gasteiger partial charge in [-0.15, -0.1) is 0 Å². The standard InChI is InChI=1S/C24H16N2O/c27-22-7-2-1-4-20(22)15-26-25-14-19-11-10-18-9-8-16-5-3-6-17-12-13-21(19)24(18)23(16)17/h1-15,27H/b25-14+,26-15+. The SMILES string of the molecule is Oc1ccccc1/C=N/N=C/c1ccc2ccc3cccc4ccc1c2c34. The number of nitrogens with zero attached hydrogens (tertiary/aromatic N) is 2. The molecule has 0 amide bonds. The molecule has 0 aliphatic rings. The summed E-state index contributed by atoms with van der Waals surface area (Å²) in [5.41, 5.74) is 1.67. The molecule has 0 saturated heterocycles. The van der Waals surface area contributed by atoms with E-state index in [0.717, 1.165) is 5.56 Å². The molecule has 0 saturated carbocycles. The van der Waals surface area contributed by atoms with Crippen molar-refractivity contribution in [1.82, 2.24) is 0 Å². The van der Waals surface area contributed by atoms with Crippen molar-refractivity contribution in [3.8, 4) is 5.75 Å². The second kappa shape index (κ2) is 6.22. The number of para-hydroxylation sites is 1. The second-order valence-corrected chi connectivity index (χ2v) is 6.56. The first-order valence-electron chi connectivity index (χ1n) is 8.82. The molecule has 27 heavy (non-hydrogen) atoms. The minimum Gasteiger partial charge on any atom is -0.507 e. The number of phenolic OH excluding ortho intramolecular Hbond substituents is 1. The average molecular weight is 348 g/mol. The highest BCUT2D eigenvalue weighted by Gasteiger charge is 2.09. The van der Waals surface area contributed by atoms with E-state index in [9.17, 15) is 5.11 Å². The van der Waals surface area contributed by atoms with Gasteiger partial charge in [-0.1, -0.05) is 66.7 Å². The highest BCUT2D eigenvalue weighted by Crippen LogP contribution is 2.35. The molecule has 0 heterocycles. The van der Waals surface area contributed by atoms with Gasteiger partial charge in [0.2, 0.25) is 0 Å². The maximum absolute atomic E-state index is 9.78. The van der Waals surface area contributed by atoms with Crippen LogP contribution >= 0.6 is 0 Å². The first-order valence-corrected chi connectivity index (χ1v) is 8.82. The van der Waals surface area contributed by atoms with Crippen molar-refractivity contribution in [3.05, 3.63) is 90.0 Å². The largest absolute Gasteiger partial charge is 0.507 e. The van der Waals surface area contributed by atoms with Crippen LogP contribution in [-0.2, 0) is 0 Å². The van der Waals surface area contributed by atoms with Crippen LogP contribution in [0.15, 0.2) is 89.1 Å². The van der Waals surface area contributed by atoms with Gasteiger partial charge in [-0.25, -0.2) is 0 Å². The summed E-state index contributed by atoms with van der Waals surface area (Å²) in [6, 6.07) is 26.3. The zero-order chi connectivity index (χ0) is 18.2. The highest BCUT2D eigenvalue weighted by molar-refractivity contribution is 6.25. The third kappa shape index (κ3) is 2.61. The Morgan fingerprint density at radius 3 is 1.96 bits per heavy atom. The smallest absolute Gasteiger partial charge is 0.124 e.